The van der Waals surface area contributed by atoms with Gasteiger partial charge in [0.15, 0.2) is 5.75 Å². The van der Waals surface area contributed by atoms with Gasteiger partial charge in [0, 0.05) is 23.8 Å². The zero-order chi connectivity index (χ0) is 11.3. The van der Waals surface area contributed by atoms with Crippen LogP contribution in [0.3, 0.4) is 0 Å². The van der Waals surface area contributed by atoms with Crippen molar-refractivity contribution >= 4 is 22.0 Å². The van der Waals surface area contributed by atoms with Crippen LogP contribution in [0, 0.1) is 0 Å². The maximum atomic E-state index is 11.5. The molecule has 0 bridgehead atoms. The SMILES string of the molecule is CCN(CC)C(=O)Oc1cncc(Br)c1. The van der Waals surface area contributed by atoms with Crippen molar-refractivity contribution in [3.63, 3.8) is 0 Å². The number of carbonyl (C=O) groups is 1. The van der Waals surface area contributed by atoms with Crippen LogP contribution in [0.1, 0.15) is 13.8 Å². The van der Waals surface area contributed by atoms with Crippen molar-refractivity contribution < 1.29 is 9.53 Å². The molecule has 82 valence electrons. The van der Waals surface area contributed by atoms with Gasteiger partial charge in [0.05, 0.1) is 6.20 Å². The maximum Gasteiger partial charge on any atom is 0.415 e. The minimum atomic E-state index is -0.347. The lowest BCUT2D eigenvalue weighted by Gasteiger charge is -2.17. The molecular weight excluding hydrogens is 260 g/mol. The molecule has 0 N–H and O–H groups in total. The van der Waals surface area contributed by atoms with Crippen LogP contribution in [0.25, 0.3) is 0 Å². The number of hydrogen-bond donors (Lipinski definition) is 0. The van der Waals surface area contributed by atoms with Gasteiger partial charge in [-0.15, -0.1) is 0 Å². The van der Waals surface area contributed by atoms with Gasteiger partial charge in [0.25, 0.3) is 0 Å². The van der Waals surface area contributed by atoms with Gasteiger partial charge in [-0.2, -0.15) is 0 Å². The van der Waals surface area contributed by atoms with Gasteiger partial charge < -0.3 is 9.64 Å². The van der Waals surface area contributed by atoms with E-state index in [-0.39, 0.29) is 6.09 Å². The number of carbonyl (C=O) groups excluding carboxylic acids is 1. The second kappa shape index (κ2) is 5.70. The number of aromatic nitrogens is 1. The Labute approximate surface area is 97.4 Å². The molecule has 1 heterocycles. The topological polar surface area (TPSA) is 42.4 Å². The molecule has 0 radical (unpaired) electrons. The summed E-state index contributed by atoms with van der Waals surface area (Å²) in [7, 11) is 0. The summed E-state index contributed by atoms with van der Waals surface area (Å²) in [4.78, 5) is 17.1. The Morgan fingerprint density at radius 3 is 2.67 bits per heavy atom. The first-order valence-electron chi connectivity index (χ1n) is 4.74. The van der Waals surface area contributed by atoms with Crippen LogP contribution in [0.4, 0.5) is 4.79 Å². The summed E-state index contributed by atoms with van der Waals surface area (Å²) in [5, 5.41) is 0. The average Bonchev–Trinajstić information content (AvgIpc) is 2.19. The maximum absolute atomic E-state index is 11.5. The Morgan fingerprint density at radius 1 is 1.47 bits per heavy atom. The molecule has 0 saturated carbocycles. The number of nitrogens with zero attached hydrogens (tertiary/aromatic N) is 2. The molecule has 1 aromatic rings. The second-order valence-electron chi connectivity index (χ2n) is 2.88. The van der Waals surface area contributed by atoms with Crippen molar-refractivity contribution in [2.24, 2.45) is 0 Å². The molecule has 4 nitrogen and oxygen atoms in total. The molecular formula is C10H13BrN2O2. The van der Waals surface area contributed by atoms with Crippen LogP contribution >= 0.6 is 15.9 Å². The third-order valence-corrected chi connectivity index (χ3v) is 2.34. The number of pyridine rings is 1. The first-order chi connectivity index (χ1) is 7.17. The van der Waals surface area contributed by atoms with Crippen LogP contribution in [0.2, 0.25) is 0 Å². The Bertz CT molecular complexity index is 340. The minimum absolute atomic E-state index is 0.347. The lowest BCUT2D eigenvalue weighted by atomic mass is 10.5. The third kappa shape index (κ3) is 3.51. The van der Waals surface area contributed by atoms with E-state index < -0.39 is 0 Å². The lowest BCUT2D eigenvalue weighted by molar-refractivity contribution is 0.157. The minimum Gasteiger partial charge on any atom is -0.409 e. The van der Waals surface area contributed by atoms with Gasteiger partial charge in [-0.25, -0.2) is 4.79 Å². The number of rotatable bonds is 3. The van der Waals surface area contributed by atoms with E-state index in [1.54, 1.807) is 17.2 Å². The summed E-state index contributed by atoms with van der Waals surface area (Å²) < 4.78 is 5.92. The van der Waals surface area contributed by atoms with Crippen LogP contribution in [-0.2, 0) is 0 Å². The van der Waals surface area contributed by atoms with Gasteiger partial charge >= 0.3 is 6.09 Å². The molecule has 0 atom stereocenters. The second-order valence-corrected chi connectivity index (χ2v) is 3.79. The van der Waals surface area contributed by atoms with Gasteiger partial charge in [-0.3, -0.25) is 4.98 Å². The normalized spacial score (nSPS) is 9.80. The van der Waals surface area contributed by atoms with Crippen molar-refractivity contribution in [3.05, 3.63) is 22.9 Å². The monoisotopic (exact) mass is 272 g/mol. The summed E-state index contributed by atoms with van der Waals surface area (Å²) in [6.45, 7) is 5.08. The van der Waals surface area contributed by atoms with Crippen LogP contribution in [0.15, 0.2) is 22.9 Å². The Hall–Kier alpha value is -1.10. The van der Waals surface area contributed by atoms with Crippen molar-refractivity contribution in [2.75, 3.05) is 13.1 Å². The van der Waals surface area contributed by atoms with E-state index >= 15 is 0 Å². The molecule has 1 aromatic heterocycles. The van der Waals surface area contributed by atoms with Crippen molar-refractivity contribution in [1.29, 1.82) is 0 Å². The molecule has 0 aliphatic rings. The van der Waals surface area contributed by atoms with Gasteiger partial charge in [0.2, 0.25) is 0 Å². The predicted molar refractivity (Wildman–Crippen MR) is 60.9 cm³/mol. The van der Waals surface area contributed by atoms with Crippen molar-refractivity contribution in [1.82, 2.24) is 9.88 Å². The molecule has 0 aliphatic carbocycles. The highest BCUT2D eigenvalue weighted by molar-refractivity contribution is 9.10. The van der Waals surface area contributed by atoms with E-state index in [1.807, 2.05) is 13.8 Å². The number of ether oxygens (including phenoxy) is 1. The Balaban J connectivity index is 2.65. The Morgan fingerprint density at radius 2 is 2.13 bits per heavy atom. The lowest BCUT2D eigenvalue weighted by Crippen LogP contribution is -2.33. The molecule has 15 heavy (non-hydrogen) atoms. The standard InChI is InChI=1S/C10H13BrN2O2/c1-3-13(4-2)10(14)15-9-5-8(11)6-12-7-9/h5-7H,3-4H2,1-2H3. The fraction of sp³-hybridized carbons (Fsp3) is 0.400. The van der Waals surface area contributed by atoms with Crippen molar-refractivity contribution in [3.8, 4) is 5.75 Å². The molecule has 1 amide bonds. The third-order valence-electron chi connectivity index (χ3n) is 1.91. The van der Waals surface area contributed by atoms with Gasteiger partial charge in [0.1, 0.15) is 0 Å². The van der Waals surface area contributed by atoms with E-state index in [0.717, 1.165) is 4.47 Å². The number of amides is 1. The summed E-state index contributed by atoms with van der Waals surface area (Å²) in [5.41, 5.74) is 0. The molecule has 0 aliphatic heterocycles. The highest BCUT2D eigenvalue weighted by Crippen LogP contribution is 2.16. The zero-order valence-corrected chi connectivity index (χ0v) is 10.3. The first kappa shape index (κ1) is 12.0. The van der Waals surface area contributed by atoms with Crippen LogP contribution < -0.4 is 4.74 Å². The van der Waals surface area contributed by atoms with Crippen molar-refractivity contribution in [2.45, 2.75) is 13.8 Å². The number of halogens is 1. The quantitative estimate of drug-likeness (QED) is 0.850. The highest BCUT2D eigenvalue weighted by atomic mass is 79.9. The van der Waals surface area contributed by atoms with E-state index in [1.165, 1.54) is 6.20 Å². The van der Waals surface area contributed by atoms with E-state index in [0.29, 0.717) is 18.8 Å². The van der Waals surface area contributed by atoms with Crippen LogP contribution in [-0.4, -0.2) is 29.1 Å². The van der Waals surface area contributed by atoms with E-state index in [9.17, 15) is 4.79 Å². The Kier molecular flexibility index (Phi) is 4.55. The average molecular weight is 273 g/mol. The molecule has 5 heteroatoms. The fourth-order valence-corrected chi connectivity index (χ4v) is 1.44. The molecule has 0 saturated heterocycles. The van der Waals surface area contributed by atoms with E-state index in [4.69, 9.17) is 4.74 Å². The molecule has 0 fully saturated rings. The largest absolute Gasteiger partial charge is 0.415 e. The van der Waals surface area contributed by atoms with E-state index in [2.05, 4.69) is 20.9 Å². The molecule has 0 spiro atoms. The number of hydrogen-bond acceptors (Lipinski definition) is 3. The van der Waals surface area contributed by atoms with Crippen LogP contribution in [0.5, 0.6) is 5.75 Å². The summed E-state index contributed by atoms with van der Waals surface area (Å²) in [6.07, 6.45) is 2.79. The first-order valence-corrected chi connectivity index (χ1v) is 5.54. The predicted octanol–water partition coefficient (Wildman–Crippen LogP) is 2.68. The molecule has 0 aromatic carbocycles. The summed E-state index contributed by atoms with van der Waals surface area (Å²) in [6, 6.07) is 1.70. The fourth-order valence-electron chi connectivity index (χ4n) is 1.10. The van der Waals surface area contributed by atoms with Gasteiger partial charge in [-0.05, 0) is 35.8 Å². The zero-order valence-electron chi connectivity index (χ0n) is 8.74. The highest BCUT2D eigenvalue weighted by Gasteiger charge is 2.11. The molecule has 1 rings (SSSR count). The van der Waals surface area contributed by atoms with Gasteiger partial charge in [-0.1, -0.05) is 0 Å². The molecule has 0 unspecified atom stereocenters. The summed E-state index contributed by atoms with van der Waals surface area (Å²) in [5.74, 6) is 0.446. The summed E-state index contributed by atoms with van der Waals surface area (Å²) >= 11 is 3.26. The smallest absolute Gasteiger partial charge is 0.409 e.